The number of nitrogens with zero attached hydrogens (tertiary/aromatic N) is 3. The van der Waals surface area contributed by atoms with Crippen LogP contribution in [0.1, 0.15) is 37.8 Å². The summed E-state index contributed by atoms with van der Waals surface area (Å²) in [5, 5.41) is 10.1. The number of amides is 2. The highest BCUT2D eigenvalue weighted by Crippen LogP contribution is 2.31. The fourth-order valence-corrected chi connectivity index (χ4v) is 5.70. The Labute approximate surface area is 250 Å². The van der Waals surface area contributed by atoms with Gasteiger partial charge in [0.15, 0.2) is 6.61 Å². The number of aryl methyl sites for hydroxylation is 1. The van der Waals surface area contributed by atoms with E-state index in [1.165, 1.54) is 17.0 Å². The molecule has 2 aromatic carbocycles. The van der Waals surface area contributed by atoms with Gasteiger partial charge in [-0.2, -0.15) is 13.2 Å². The van der Waals surface area contributed by atoms with E-state index < -0.39 is 36.2 Å². The molecule has 12 heteroatoms. The molecular weight excluding hydrogens is 565 g/mol. The van der Waals surface area contributed by atoms with Gasteiger partial charge in [0.25, 0.3) is 0 Å². The number of carbonyl (C=O) groups is 2. The molecule has 0 spiro atoms. The van der Waals surface area contributed by atoms with Crippen LogP contribution in [-0.4, -0.2) is 96.5 Å². The van der Waals surface area contributed by atoms with E-state index in [0.29, 0.717) is 31.7 Å². The third-order valence-corrected chi connectivity index (χ3v) is 7.70. The fraction of sp³-hybridized carbons (Fsp3) is 0.548. The predicted octanol–water partition coefficient (Wildman–Crippen LogP) is 3.30. The summed E-state index contributed by atoms with van der Waals surface area (Å²) >= 11 is 0. The number of para-hydroxylation sites is 1. The van der Waals surface area contributed by atoms with Gasteiger partial charge in [0.1, 0.15) is 23.6 Å². The standard InChI is InChI=1S/C31H41F3N4O5/c1-21-6-4-5-7-25(21)37-14-15-38(26(18-37)29(35)40)28(39)16-22-8-9-24(17-27(22)42-20-31(32,33)34)43-23-10-12-36(13-11-23)19-30(2,3)41/h4-9,17,23,26,41H,10-16,18-20H2,1-3H3,(H2,35,40). The summed E-state index contributed by atoms with van der Waals surface area (Å²) in [7, 11) is 0. The smallest absolute Gasteiger partial charge is 0.422 e. The number of primary amides is 1. The summed E-state index contributed by atoms with van der Waals surface area (Å²) in [6, 6.07) is 11.4. The highest BCUT2D eigenvalue weighted by atomic mass is 19.4. The zero-order valence-corrected chi connectivity index (χ0v) is 24.9. The normalized spacial score (nSPS) is 18.9. The van der Waals surface area contributed by atoms with E-state index >= 15 is 0 Å². The van der Waals surface area contributed by atoms with Crippen molar-refractivity contribution in [3.8, 4) is 11.5 Å². The molecule has 2 heterocycles. The van der Waals surface area contributed by atoms with Crippen molar-refractivity contribution in [2.24, 2.45) is 5.73 Å². The second-order valence-corrected chi connectivity index (χ2v) is 12.0. The number of rotatable bonds is 10. The zero-order valence-electron chi connectivity index (χ0n) is 24.9. The van der Waals surface area contributed by atoms with Crippen LogP contribution in [0.15, 0.2) is 42.5 Å². The molecule has 2 aliphatic heterocycles. The number of nitrogens with two attached hydrogens (primary N) is 1. The van der Waals surface area contributed by atoms with Gasteiger partial charge in [-0.25, -0.2) is 0 Å². The van der Waals surface area contributed by atoms with Crippen molar-refractivity contribution in [1.29, 1.82) is 0 Å². The van der Waals surface area contributed by atoms with Crippen LogP contribution >= 0.6 is 0 Å². The number of hydrogen-bond donors (Lipinski definition) is 2. The molecule has 0 aromatic heterocycles. The molecule has 2 fully saturated rings. The molecule has 3 N–H and O–H groups in total. The number of ether oxygens (including phenoxy) is 2. The lowest BCUT2D eigenvalue weighted by Crippen LogP contribution is -2.60. The number of benzene rings is 2. The number of piperazine rings is 1. The Bertz CT molecular complexity index is 1270. The van der Waals surface area contributed by atoms with Crippen molar-refractivity contribution in [2.75, 3.05) is 50.8 Å². The maximum absolute atomic E-state index is 13.4. The van der Waals surface area contributed by atoms with E-state index in [1.807, 2.05) is 36.1 Å². The first-order chi connectivity index (χ1) is 20.2. The molecular formula is C31H41F3N4O5. The number of β-amino-alcohol motifs (C(OH)–C–C–N with tert-alkyl or cyclic N) is 1. The molecule has 4 rings (SSSR count). The molecule has 0 bridgehead atoms. The minimum absolute atomic E-state index is 0.100. The SMILES string of the molecule is Cc1ccccc1N1CCN(C(=O)Cc2ccc(OC3CCN(CC(C)(C)O)CC3)cc2OCC(F)(F)F)C(C(N)=O)C1. The van der Waals surface area contributed by atoms with Crippen molar-refractivity contribution in [3.05, 3.63) is 53.6 Å². The molecule has 0 aliphatic carbocycles. The number of likely N-dealkylation sites (tertiary alicyclic amines) is 1. The van der Waals surface area contributed by atoms with Gasteiger partial charge in [0, 0.05) is 56.6 Å². The first-order valence-corrected chi connectivity index (χ1v) is 14.5. The monoisotopic (exact) mass is 606 g/mol. The molecule has 0 saturated carbocycles. The molecule has 2 aliphatic rings. The Kier molecular flexibility index (Phi) is 10.1. The Hall–Kier alpha value is -3.51. The van der Waals surface area contributed by atoms with Gasteiger partial charge in [-0.3, -0.25) is 9.59 Å². The number of carbonyl (C=O) groups excluding carboxylic acids is 2. The van der Waals surface area contributed by atoms with Gasteiger partial charge in [0.05, 0.1) is 12.0 Å². The van der Waals surface area contributed by atoms with E-state index in [4.69, 9.17) is 15.2 Å². The van der Waals surface area contributed by atoms with Crippen LogP contribution < -0.4 is 20.1 Å². The van der Waals surface area contributed by atoms with Crippen LogP contribution in [-0.2, 0) is 16.0 Å². The van der Waals surface area contributed by atoms with Crippen molar-refractivity contribution >= 4 is 17.5 Å². The average Bonchev–Trinajstić information content (AvgIpc) is 2.92. The Morgan fingerprint density at radius 2 is 1.74 bits per heavy atom. The molecule has 236 valence electrons. The van der Waals surface area contributed by atoms with E-state index in [0.717, 1.165) is 24.3 Å². The van der Waals surface area contributed by atoms with Crippen molar-refractivity contribution in [3.63, 3.8) is 0 Å². The second-order valence-electron chi connectivity index (χ2n) is 12.0. The highest BCUT2D eigenvalue weighted by Gasteiger charge is 2.35. The maximum atomic E-state index is 13.4. The minimum atomic E-state index is -4.57. The van der Waals surface area contributed by atoms with E-state index in [9.17, 15) is 27.9 Å². The number of alkyl halides is 3. The van der Waals surface area contributed by atoms with Crippen LogP contribution in [0.2, 0.25) is 0 Å². The van der Waals surface area contributed by atoms with Gasteiger partial charge >= 0.3 is 6.18 Å². The third kappa shape index (κ3) is 9.24. The molecule has 1 unspecified atom stereocenters. The van der Waals surface area contributed by atoms with Gasteiger partial charge in [-0.15, -0.1) is 0 Å². The summed E-state index contributed by atoms with van der Waals surface area (Å²) < 4.78 is 50.5. The fourth-order valence-electron chi connectivity index (χ4n) is 5.70. The first-order valence-electron chi connectivity index (χ1n) is 14.5. The van der Waals surface area contributed by atoms with Crippen LogP contribution in [0, 0.1) is 6.92 Å². The number of halogens is 3. The van der Waals surface area contributed by atoms with E-state index in [1.54, 1.807) is 19.9 Å². The molecule has 2 amide bonds. The van der Waals surface area contributed by atoms with Gasteiger partial charge in [-0.05, 0) is 51.3 Å². The zero-order chi connectivity index (χ0) is 31.4. The number of aliphatic hydroxyl groups is 1. The average molecular weight is 607 g/mol. The first kappa shape index (κ1) is 32.4. The largest absolute Gasteiger partial charge is 0.490 e. The second kappa shape index (κ2) is 13.4. The van der Waals surface area contributed by atoms with Gasteiger partial charge in [0.2, 0.25) is 11.8 Å². The summed E-state index contributed by atoms with van der Waals surface area (Å²) in [6.07, 6.45) is -3.61. The highest BCUT2D eigenvalue weighted by molar-refractivity contribution is 5.89. The van der Waals surface area contributed by atoms with Crippen LogP contribution in [0.5, 0.6) is 11.5 Å². The summed E-state index contributed by atoms with van der Waals surface area (Å²) in [5.41, 5.74) is 7.12. The predicted molar refractivity (Wildman–Crippen MR) is 156 cm³/mol. The molecule has 43 heavy (non-hydrogen) atoms. The minimum Gasteiger partial charge on any atom is -0.490 e. The Balaban J connectivity index is 1.45. The molecule has 2 aromatic rings. The molecule has 0 radical (unpaired) electrons. The Morgan fingerprint density at radius 1 is 1.05 bits per heavy atom. The number of anilines is 1. The maximum Gasteiger partial charge on any atom is 0.422 e. The summed E-state index contributed by atoms with van der Waals surface area (Å²) in [5.74, 6) is -0.844. The van der Waals surface area contributed by atoms with E-state index in [-0.39, 0.29) is 36.9 Å². The third-order valence-electron chi connectivity index (χ3n) is 7.70. The summed E-state index contributed by atoms with van der Waals surface area (Å²) in [4.78, 5) is 31.4. The van der Waals surface area contributed by atoms with Crippen molar-refractivity contribution in [2.45, 2.75) is 64.0 Å². The lowest BCUT2D eigenvalue weighted by atomic mass is 10.0. The lowest BCUT2D eigenvalue weighted by molar-refractivity contribution is -0.153. The topological polar surface area (TPSA) is 109 Å². The molecule has 1 atom stereocenters. The van der Waals surface area contributed by atoms with Crippen molar-refractivity contribution in [1.82, 2.24) is 9.80 Å². The molecule has 2 saturated heterocycles. The Morgan fingerprint density at radius 3 is 2.37 bits per heavy atom. The summed E-state index contributed by atoms with van der Waals surface area (Å²) in [6.45, 7) is 6.84. The lowest BCUT2D eigenvalue weighted by Gasteiger charge is -2.41. The molecule has 9 nitrogen and oxygen atoms in total. The van der Waals surface area contributed by atoms with Gasteiger partial charge < -0.3 is 35.0 Å². The number of hydrogen-bond acceptors (Lipinski definition) is 7. The van der Waals surface area contributed by atoms with Crippen LogP contribution in [0.4, 0.5) is 18.9 Å². The van der Waals surface area contributed by atoms with E-state index in [2.05, 4.69) is 4.90 Å². The van der Waals surface area contributed by atoms with Gasteiger partial charge in [-0.1, -0.05) is 24.3 Å². The number of piperidine rings is 1. The van der Waals surface area contributed by atoms with Crippen LogP contribution in [0.25, 0.3) is 0 Å². The van der Waals surface area contributed by atoms with Crippen molar-refractivity contribution < 1.29 is 37.3 Å². The van der Waals surface area contributed by atoms with Crippen LogP contribution in [0.3, 0.4) is 0 Å². The quantitative estimate of drug-likeness (QED) is 0.428.